The van der Waals surface area contributed by atoms with Crippen LogP contribution in [-0.2, 0) is 4.79 Å². The summed E-state index contributed by atoms with van der Waals surface area (Å²) >= 11 is 0. The predicted molar refractivity (Wildman–Crippen MR) is 53.7 cm³/mol. The van der Waals surface area contributed by atoms with Gasteiger partial charge in [0.25, 0.3) is 0 Å². The zero-order valence-corrected chi connectivity index (χ0v) is 9.31. The zero-order chi connectivity index (χ0) is 12.2. The molecule has 1 heterocycles. The first-order chi connectivity index (χ1) is 7.44. The summed E-state index contributed by atoms with van der Waals surface area (Å²) in [6.45, 7) is 2.66. The summed E-state index contributed by atoms with van der Waals surface area (Å²) in [4.78, 5) is 13.0. The summed E-state index contributed by atoms with van der Waals surface area (Å²) in [6, 6.07) is 0. The van der Waals surface area contributed by atoms with Crippen molar-refractivity contribution >= 4 is 5.91 Å². The van der Waals surface area contributed by atoms with Crippen LogP contribution in [0, 0.1) is 0 Å². The van der Waals surface area contributed by atoms with Crippen LogP contribution >= 0.6 is 0 Å². The van der Waals surface area contributed by atoms with Crippen molar-refractivity contribution in [1.82, 2.24) is 10.2 Å². The van der Waals surface area contributed by atoms with Crippen LogP contribution in [0.2, 0.25) is 0 Å². The largest absolute Gasteiger partial charge is 0.389 e. The molecule has 1 unspecified atom stereocenters. The molecule has 1 N–H and O–H groups in total. The van der Waals surface area contributed by atoms with E-state index in [1.54, 1.807) is 4.90 Å². The maximum atomic E-state index is 11.9. The van der Waals surface area contributed by atoms with Crippen molar-refractivity contribution in [2.24, 2.45) is 0 Å². The average molecular weight is 238 g/mol. The van der Waals surface area contributed by atoms with Gasteiger partial charge >= 0.3 is 6.18 Å². The number of amides is 1. The van der Waals surface area contributed by atoms with Gasteiger partial charge in [-0.25, -0.2) is 0 Å². The quantitative estimate of drug-likeness (QED) is 0.742. The number of carbonyl (C=O) groups is 1. The summed E-state index contributed by atoms with van der Waals surface area (Å²) < 4.78 is 35.6. The molecule has 1 fully saturated rings. The Kier molecular flexibility index (Phi) is 4.58. The van der Waals surface area contributed by atoms with E-state index in [9.17, 15) is 18.0 Å². The summed E-state index contributed by atoms with van der Waals surface area (Å²) in [5.74, 6) is -0.0149. The van der Waals surface area contributed by atoms with Crippen molar-refractivity contribution in [2.45, 2.75) is 44.9 Å². The Hall–Kier alpha value is -0.780. The molecule has 0 radical (unpaired) electrons. The molecule has 0 spiro atoms. The molecule has 1 rings (SSSR count). The van der Waals surface area contributed by atoms with Crippen molar-refractivity contribution in [1.29, 1.82) is 0 Å². The van der Waals surface area contributed by atoms with Gasteiger partial charge in [-0.1, -0.05) is 6.92 Å². The molecule has 1 atom stereocenters. The lowest BCUT2D eigenvalue weighted by molar-refractivity contribution is -0.136. The number of rotatable bonds is 5. The molecule has 0 aromatic rings. The van der Waals surface area contributed by atoms with E-state index in [0.29, 0.717) is 19.5 Å². The highest BCUT2D eigenvalue weighted by atomic mass is 19.4. The van der Waals surface area contributed by atoms with Crippen molar-refractivity contribution in [3.8, 4) is 0 Å². The molecule has 16 heavy (non-hydrogen) atoms. The molecule has 0 saturated carbocycles. The van der Waals surface area contributed by atoms with Crippen LogP contribution in [0.25, 0.3) is 0 Å². The number of alkyl halides is 3. The third-order valence-electron chi connectivity index (χ3n) is 2.68. The molecule has 0 bridgehead atoms. The summed E-state index contributed by atoms with van der Waals surface area (Å²) in [6.07, 6.45) is -3.58. The number of carbonyl (C=O) groups excluding carboxylic acids is 1. The fourth-order valence-corrected chi connectivity index (χ4v) is 1.84. The first kappa shape index (κ1) is 13.3. The van der Waals surface area contributed by atoms with Crippen LogP contribution in [0.1, 0.15) is 32.6 Å². The number of halogens is 3. The normalized spacial score (nSPS) is 21.9. The van der Waals surface area contributed by atoms with E-state index in [2.05, 4.69) is 5.32 Å². The van der Waals surface area contributed by atoms with Gasteiger partial charge in [-0.05, 0) is 19.3 Å². The summed E-state index contributed by atoms with van der Waals surface area (Å²) in [5.41, 5.74) is 0. The monoisotopic (exact) mass is 238 g/mol. The number of unbranched alkanes of at least 4 members (excludes halogenated alkanes) is 1. The van der Waals surface area contributed by atoms with E-state index >= 15 is 0 Å². The van der Waals surface area contributed by atoms with E-state index in [0.717, 1.165) is 6.42 Å². The average Bonchev–Trinajstić information content (AvgIpc) is 2.53. The van der Waals surface area contributed by atoms with Crippen LogP contribution in [0.4, 0.5) is 13.2 Å². The van der Waals surface area contributed by atoms with Crippen LogP contribution in [-0.4, -0.2) is 36.2 Å². The molecule has 0 aromatic carbocycles. The Morgan fingerprint density at radius 3 is 2.69 bits per heavy atom. The van der Waals surface area contributed by atoms with Crippen molar-refractivity contribution in [3.05, 3.63) is 0 Å². The fraction of sp³-hybridized carbons (Fsp3) is 0.900. The van der Waals surface area contributed by atoms with Crippen LogP contribution in [0.5, 0.6) is 0 Å². The highest BCUT2D eigenvalue weighted by Gasteiger charge is 2.29. The van der Waals surface area contributed by atoms with Gasteiger partial charge in [-0.2, -0.15) is 13.2 Å². The Bertz CT molecular complexity index is 243. The highest BCUT2D eigenvalue weighted by molar-refractivity contribution is 5.80. The van der Waals surface area contributed by atoms with Gasteiger partial charge in [0.15, 0.2) is 0 Å². The molecule has 0 aliphatic carbocycles. The standard InChI is InChI=1S/C10H17F3N2O/c1-2-8-14-7-9(16)15(8)6-4-3-5-10(11,12)13/h8,14H,2-7H2,1H3. The van der Waals surface area contributed by atoms with Gasteiger partial charge in [0.2, 0.25) is 5.91 Å². The third kappa shape index (κ3) is 4.00. The second kappa shape index (κ2) is 5.52. The summed E-state index contributed by atoms with van der Waals surface area (Å²) in [7, 11) is 0. The summed E-state index contributed by atoms with van der Waals surface area (Å²) in [5, 5.41) is 3.02. The smallest absolute Gasteiger partial charge is 0.326 e. The van der Waals surface area contributed by atoms with Crippen molar-refractivity contribution < 1.29 is 18.0 Å². The Morgan fingerprint density at radius 1 is 1.44 bits per heavy atom. The van der Waals surface area contributed by atoms with E-state index in [1.807, 2.05) is 6.92 Å². The number of nitrogens with zero attached hydrogens (tertiary/aromatic N) is 1. The minimum atomic E-state index is -4.09. The molecule has 3 nitrogen and oxygen atoms in total. The van der Waals surface area contributed by atoms with Gasteiger partial charge in [0.05, 0.1) is 12.7 Å². The first-order valence-electron chi connectivity index (χ1n) is 5.53. The number of hydrogen-bond acceptors (Lipinski definition) is 2. The molecule has 1 aliphatic heterocycles. The lowest BCUT2D eigenvalue weighted by Gasteiger charge is -2.23. The highest BCUT2D eigenvalue weighted by Crippen LogP contribution is 2.22. The van der Waals surface area contributed by atoms with E-state index < -0.39 is 12.6 Å². The maximum absolute atomic E-state index is 11.9. The lowest BCUT2D eigenvalue weighted by atomic mass is 10.2. The molecule has 1 saturated heterocycles. The third-order valence-corrected chi connectivity index (χ3v) is 2.68. The van der Waals surface area contributed by atoms with E-state index in [4.69, 9.17) is 0 Å². The topological polar surface area (TPSA) is 32.3 Å². The SMILES string of the molecule is CCC1NCC(=O)N1CCCCC(F)(F)F. The second-order valence-corrected chi connectivity index (χ2v) is 3.96. The van der Waals surface area contributed by atoms with Gasteiger partial charge < -0.3 is 4.90 Å². The minimum absolute atomic E-state index is 0.00149. The van der Waals surface area contributed by atoms with E-state index in [-0.39, 0.29) is 18.5 Å². The first-order valence-corrected chi connectivity index (χ1v) is 5.53. The molecular weight excluding hydrogens is 221 g/mol. The van der Waals surface area contributed by atoms with Crippen molar-refractivity contribution in [2.75, 3.05) is 13.1 Å². The molecule has 1 aliphatic rings. The van der Waals surface area contributed by atoms with Crippen molar-refractivity contribution in [3.63, 3.8) is 0 Å². The lowest BCUT2D eigenvalue weighted by Crippen LogP contribution is -2.37. The molecule has 1 amide bonds. The Balaban J connectivity index is 2.23. The molecule has 94 valence electrons. The maximum Gasteiger partial charge on any atom is 0.389 e. The second-order valence-electron chi connectivity index (χ2n) is 3.96. The fourth-order valence-electron chi connectivity index (χ4n) is 1.84. The number of hydrogen-bond donors (Lipinski definition) is 1. The Labute approximate surface area is 93.0 Å². The van der Waals surface area contributed by atoms with E-state index in [1.165, 1.54) is 0 Å². The van der Waals surface area contributed by atoms with Gasteiger partial charge in [0, 0.05) is 13.0 Å². The Morgan fingerprint density at radius 2 is 2.12 bits per heavy atom. The molecular formula is C10H17F3N2O. The van der Waals surface area contributed by atoms with Crippen LogP contribution in [0.15, 0.2) is 0 Å². The zero-order valence-electron chi connectivity index (χ0n) is 9.31. The predicted octanol–water partition coefficient (Wildman–Crippen LogP) is 1.89. The molecule has 6 heteroatoms. The number of nitrogens with one attached hydrogen (secondary N) is 1. The van der Waals surface area contributed by atoms with Crippen LogP contribution < -0.4 is 5.32 Å². The van der Waals surface area contributed by atoms with Gasteiger partial charge in [0.1, 0.15) is 0 Å². The van der Waals surface area contributed by atoms with Gasteiger partial charge in [-0.3, -0.25) is 10.1 Å². The minimum Gasteiger partial charge on any atom is -0.326 e. The van der Waals surface area contributed by atoms with Crippen LogP contribution in [0.3, 0.4) is 0 Å². The van der Waals surface area contributed by atoms with Gasteiger partial charge in [-0.15, -0.1) is 0 Å². The molecule has 0 aromatic heterocycles.